The van der Waals surface area contributed by atoms with Crippen LogP contribution in [0.25, 0.3) is 0 Å². The number of amides is 1. The van der Waals surface area contributed by atoms with E-state index in [1.165, 1.54) is 0 Å². The first kappa shape index (κ1) is 21.7. The van der Waals surface area contributed by atoms with Crippen LogP contribution in [0.15, 0.2) is 23.0 Å². The molecule has 5 rings (SSSR count). The molecule has 3 fully saturated rings. The lowest BCUT2D eigenvalue weighted by Gasteiger charge is -2.44. The van der Waals surface area contributed by atoms with Gasteiger partial charge in [-0.15, -0.1) is 0 Å². The number of carbonyl (C=O) groups is 2. The molecule has 2 bridgehead atoms. The maximum Gasteiger partial charge on any atom is 0.303 e. The van der Waals surface area contributed by atoms with Gasteiger partial charge in [0.25, 0.3) is 5.56 Å². The van der Waals surface area contributed by atoms with Gasteiger partial charge < -0.3 is 19.5 Å². The van der Waals surface area contributed by atoms with E-state index in [-0.39, 0.29) is 29.7 Å². The van der Waals surface area contributed by atoms with Gasteiger partial charge in [0.15, 0.2) is 0 Å². The molecule has 4 unspecified atom stereocenters. The van der Waals surface area contributed by atoms with E-state index in [4.69, 9.17) is 0 Å². The number of pyridine rings is 1. The average Bonchev–Trinajstić information content (AvgIpc) is 2.72. The predicted octanol–water partition coefficient (Wildman–Crippen LogP) is 2.40. The normalized spacial score (nSPS) is 30.4. The largest absolute Gasteiger partial charge is 0.481 e. The summed E-state index contributed by atoms with van der Waals surface area (Å²) in [7, 11) is 0. The summed E-state index contributed by atoms with van der Waals surface area (Å²) in [6, 6.07) is 5.63. The van der Waals surface area contributed by atoms with E-state index in [9.17, 15) is 19.5 Å². The Labute approximate surface area is 189 Å². The van der Waals surface area contributed by atoms with Gasteiger partial charge in [0.05, 0.1) is 0 Å². The number of hydrogen-bond acceptors (Lipinski definition) is 4. The summed E-state index contributed by atoms with van der Waals surface area (Å²) in [6.07, 6.45) is 6.28. The van der Waals surface area contributed by atoms with Crippen LogP contribution in [0.1, 0.15) is 56.6 Å². The maximum atomic E-state index is 12.8. The van der Waals surface area contributed by atoms with Crippen molar-refractivity contribution >= 4 is 11.9 Å². The first-order chi connectivity index (χ1) is 15.5. The molecular formula is C25H35N3O4. The Bertz CT molecular complexity index is 924. The number of carbonyl (C=O) groups excluding carboxylic acids is 1. The van der Waals surface area contributed by atoms with E-state index in [0.717, 1.165) is 70.4 Å². The highest BCUT2D eigenvalue weighted by Crippen LogP contribution is 2.37. The lowest BCUT2D eigenvalue weighted by Crippen LogP contribution is -2.50. The summed E-state index contributed by atoms with van der Waals surface area (Å²) in [5.41, 5.74) is 1.28. The molecule has 1 saturated carbocycles. The highest BCUT2D eigenvalue weighted by Gasteiger charge is 2.38. The van der Waals surface area contributed by atoms with Crippen LogP contribution in [-0.4, -0.2) is 64.1 Å². The van der Waals surface area contributed by atoms with Gasteiger partial charge in [0, 0.05) is 62.7 Å². The monoisotopic (exact) mass is 441 g/mol. The van der Waals surface area contributed by atoms with Crippen molar-refractivity contribution in [2.45, 2.75) is 57.4 Å². The van der Waals surface area contributed by atoms with E-state index in [0.29, 0.717) is 30.8 Å². The molecular weight excluding hydrogens is 406 g/mol. The summed E-state index contributed by atoms with van der Waals surface area (Å²) in [5, 5.41) is 9.42. The van der Waals surface area contributed by atoms with Crippen LogP contribution in [0.3, 0.4) is 0 Å². The van der Waals surface area contributed by atoms with Gasteiger partial charge in [0.1, 0.15) is 0 Å². The number of fused-ring (bicyclic) bond motifs is 4. The molecule has 0 aromatic carbocycles. The second-order valence-electron chi connectivity index (χ2n) is 10.6. The third kappa shape index (κ3) is 4.36. The lowest BCUT2D eigenvalue weighted by molar-refractivity contribution is -0.142. The molecule has 174 valence electrons. The summed E-state index contributed by atoms with van der Waals surface area (Å²) < 4.78 is 1.96. The minimum absolute atomic E-state index is 0.112. The van der Waals surface area contributed by atoms with Crippen molar-refractivity contribution in [3.8, 4) is 0 Å². The molecule has 1 aromatic heterocycles. The molecule has 1 N–H and O–H groups in total. The van der Waals surface area contributed by atoms with Crippen molar-refractivity contribution in [3.63, 3.8) is 0 Å². The van der Waals surface area contributed by atoms with Gasteiger partial charge in [-0.05, 0) is 62.5 Å². The molecule has 1 amide bonds. The number of carboxylic acid groups (broad SMARTS) is 1. The number of hydrogen-bond donors (Lipinski definition) is 1. The van der Waals surface area contributed by atoms with Gasteiger partial charge in [-0.2, -0.15) is 0 Å². The zero-order valence-corrected chi connectivity index (χ0v) is 18.8. The molecule has 4 atom stereocenters. The molecule has 32 heavy (non-hydrogen) atoms. The lowest BCUT2D eigenvalue weighted by atomic mass is 9.78. The quantitative estimate of drug-likeness (QED) is 0.733. The first-order valence-corrected chi connectivity index (χ1v) is 12.4. The van der Waals surface area contributed by atoms with Crippen LogP contribution >= 0.6 is 0 Å². The van der Waals surface area contributed by atoms with Gasteiger partial charge >= 0.3 is 5.97 Å². The highest BCUT2D eigenvalue weighted by atomic mass is 16.4. The van der Waals surface area contributed by atoms with Crippen molar-refractivity contribution in [1.82, 2.24) is 14.4 Å². The molecule has 3 aliphatic heterocycles. The van der Waals surface area contributed by atoms with E-state index < -0.39 is 5.97 Å². The van der Waals surface area contributed by atoms with Crippen molar-refractivity contribution in [3.05, 3.63) is 34.2 Å². The molecule has 0 spiro atoms. The fourth-order valence-electron chi connectivity index (χ4n) is 6.54. The Balaban J connectivity index is 1.23. The smallest absolute Gasteiger partial charge is 0.303 e. The molecule has 4 heterocycles. The standard InChI is InChI=1S/C25H35N3O4/c29-23-6-2-5-22-21-11-17(14-28(22)23)13-26(15-21)9-7-20-16-27(25(32)18-3-1-4-18)10-8-19(20)12-24(30)31/h2,5-6,17-21H,1,3-4,7-16H2,(H,30,31). The topological polar surface area (TPSA) is 82.8 Å². The fraction of sp³-hybridized carbons (Fsp3) is 0.720. The Morgan fingerprint density at radius 3 is 2.62 bits per heavy atom. The van der Waals surface area contributed by atoms with Crippen LogP contribution in [-0.2, 0) is 16.1 Å². The first-order valence-electron chi connectivity index (χ1n) is 12.4. The molecule has 2 saturated heterocycles. The predicted molar refractivity (Wildman–Crippen MR) is 120 cm³/mol. The molecule has 1 aliphatic carbocycles. The molecule has 7 nitrogen and oxygen atoms in total. The average molecular weight is 442 g/mol. The molecule has 1 aromatic rings. The van der Waals surface area contributed by atoms with Gasteiger partial charge in [0.2, 0.25) is 5.91 Å². The number of nitrogens with zero attached hydrogens (tertiary/aromatic N) is 3. The Morgan fingerprint density at radius 2 is 1.88 bits per heavy atom. The highest BCUT2D eigenvalue weighted by molar-refractivity contribution is 5.79. The van der Waals surface area contributed by atoms with Crippen LogP contribution in [0.4, 0.5) is 0 Å². The zero-order chi connectivity index (χ0) is 22.2. The van der Waals surface area contributed by atoms with E-state index in [1.54, 1.807) is 6.07 Å². The van der Waals surface area contributed by atoms with E-state index in [2.05, 4.69) is 11.0 Å². The number of aromatic nitrogens is 1. The summed E-state index contributed by atoms with van der Waals surface area (Å²) >= 11 is 0. The molecule has 0 radical (unpaired) electrons. The summed E-state index contributed by atoms with van der Waals surface area (Å²) in [6.45, 7) is 5.13. The second-order valence-corrected chi connectivity index (χ2v) is 10.6. The van der Waals surface area contributed by atoms with Crippen LogP contribution in [0.2, 0.25) is 0 Å². The summed E-state index contributed by atoms with van der Waals surface area (Å²) in [5.74, 6) is 1.07. The van der Waals surface area contributed by atoms with Crippen molar-refractivity contribution < 1.29 is 14.7 Å². The SMILES string of the molecule is O=C(O)CC1CCN(C(=O)C2CCC2)CC1CCN1CC2CC(C1)c1cccc(=O)n1C2. The number of aliphatic carboxylic acids is 1. The third-order valence-electron chi connectivity index (χ3n) is 8.47. The van der Waals surface area contributed by atoms with Crippen molar-refractivity contribution in [2.75, 3.05) is 32.7 Å². The van der Waals surface area contributed by atoms with Crippen molar-refractivity contribution in [1.29, 1.82) is 0 Å². The second kappa shape index (κ2) is 9.00. The van der Waals surface area contributed by atoms with E-state index >= 15 is 0 Å². The number of piperidine rings is 2. The van der Waals surface area contributed by atoms with Crippen LogP contribution < -0.4 is 5.56 Å². The van der Waals surface area contributed by atoms with E-state index in [1.807, 2.05) is 15.5 Å². The number of likely N-dealkylation sites (tertiary alicyclic amines) is 2. The van der Waals surface area contributed by atoms with Crippen molar-refractivity contribution in [2.24, 2.45) is 23.7 Å². The zero-order valence-electron chi connectivity index (χ0n) is 18.8. The van der Waals surface area contributed by atoms with Gasteiger partial charge in [-0.25, -0.2) is 0 Å². The van der Waals surface area contributed by atoms with Crippen LogP contribution in [0.5, 0.6) is 0 Å². The Morgan fingerprint density at radius 1 is 1.03 bits per heavy atom. The van der Waals surface area contributed by atoms with Gasteiger partial charge in [-0.3, -0.25) is 14.4 Å². The summed E-state index contributed by atoms with van der Waals surface area (Å²) in [4.78, 5) is 41.1. The Kier molecular flexibility index (Phi) is 6.10. The third-order valence-corrected chi connectivity index (χ3v) is 8.47. The van der Waals surface area contributed by atoms with Crippen LogP contribution in [0, 0.1) is 23.7 Å². The minimum atomic E-state index is -0.728. The maximum absolute atomic E-state index is 12.8. The fourth-order valence-corrected chi connectivity index (χ4v) is 6.54. The Hall–Kier alpha value is -2.15. The number of carboxylic acids is 1. The molecule has 4 aliphatic rings. The minimum Gasteiger partial charge on any atom is -0.481 e. The molecule has 7 heteroatoms. The number of rotatable bonds is 6. The van der Waals surface area contributed by atoms with Gasteiger partial charge in [-0.1, -0.05) is 12.5 Å².